The highest BCUT2D eigenvalue weighted by molar-refractivity contribution is 7.15. The Morgan fingerprint density at radius 1 is 1.07 bits per heavy atom. The molecule has 1 fully saturated rings. The molecule has 0 radical (unpaired) electrons. The largest absolute Gasteiger partial charge is 0.496 e. The summed E-state index contributed by atoms with van der Waals surface area (Å²) in [5, 5.41) is 12.5. The van der Waals surface area contributed by atoms with E-state index in [2.05, 4.69) is 27.6 Å². The minimum Gasteiger partial charge on any atom is -0.496 e. The molecule has 152 valence electrons. The van der Waals surface area contributed by atoms with Crippen LogP contribution in [-0.2, 0) is 16.8 Å². The fourth-order valence-electron chi connectivity index (χ4n) is 4.21. The minimum atomic E-state index is -0.105. The Hall–Kier alpha value is -1.99. The van der Waals surface area contributed by atoms with Gasteiger partial charge < -0.3 is 14.8 Å². The van der Waals surface area contributed by atoms with Crippen LogP contribution in [0.15, 0.2) is 42.5 Å². The van der Waals surface area contributed by atoms with Crippen molar-refractivity contribution in [2.75, 3.05) is 26.8 Å². The van der Waals surface area contributed by atoms with E-state index in [0.29, 0.717) is 0 Å². The molecule has 0 saturated carbocycles. The summed E-state index contributed by atoms with van der Waals surface area (Å²) in [6.07, 6.45) is 3.06. The van der Waals surface area contributed by atoms with Crippen LogP contribution in [0.2, 0.25) is 0 Å². The summed E-state index contributed by atoms with van der Waals surface area (Å²) >= 11 is 1.82. The van der Waals surface area contributed by atoms with Gasteiger partial charge in [-0.3, -0.25) is 0 Å². The zero-order valence-corrected chi connectivity index (χ0v) is 17.9. The van der Waals surface area contributed by atoms with E-state index in [9.17, 15) is 0 Å². The third-order valence-electron chi connectivity index (χ3n) is 5.68. The second-order valence-electron chi connectivity index (χ2n) is 7.31. The topological polar surface area (TPSA) is 56.3 Å². The molecule has 0 unspecified atom stereocenters. The number of aromatic nitrogens is 2. The monoisotopic (exact) mass is 429 g/mol. The molecule has 29 heavy (non-hydrogen) atoms. The summed E-state index contributed by atoms with van der Waals surface area (Å²) in [4.78, 5) is 2.57. The van der Waals surface area contributed by atoms with Crippen molar-refractivity contribution in [1.82, 2.24) is 15.5 Å². The number of rotatable bonds is 3. The summed E-state index contributed by atoms with van der Waals surface area (Å²) in [5.74, 6) is 0.807. The lowest BCUT2D eigenvalue weighted by atomic mass is 9.86. The van der Waals surface area contributed by atoms with Gasteiger partial charge >= 0.3 is 0 Å². The lowest BCUT2D eigenvalue weighted by Gasteiger charge is -2.40. The van der Waals surface area contributed by atoms with E-state index in [1.54, 1.807) is 7.11 Å². The van der Waals surface area contributed by atoms with Crippen molar-refractivity contribution in [2.24, 2.45) is 0 Å². The molecule has 1 spiro atoms. The maximum atomic E-state index is 6.31. The Labute approximate surface area is 180 Å². The van der Waals surface area contributed by atoms with E-state index in [-0.39, 0.29) is 18.0 Å². The van der Waals surface area contributed by atoms with Gasteiger partial charge in [0.2, 0.25) is 0 Å². The second kappa shape index (κ2) is 8.40. The van der Waals surface area contributed by atoms with Gasteiger partial charge in [-0.1, -0.05) is 12.1 Å². The fourth-order valence-corrected chi connectivity index (χ4v) is 5.59. The predicted octanol–water partition coefficient (Wildman–Crippen LogP) is 4.45. The van der Waals surface area contributed by atoms with E-state index in [1.807, 2.05) is 41.7 Å². The van der Waals surface area contributed by atoms with Crippen LogP contribution in [0.5, 0.6) is 5.75 Å². The molecule has 2 aliphatic heterocycles. The van der Waals surface area contributed by atoms with Crippen LogP contribution >= 0.6 is 23.7 Å². The first-order valence-corrected chi connectivity index (χ1v) is 10.6. The number of thiophene rings is 1. The highest BCUT2D eigenvalue weighted by atomic mass is 35.5. The van der Waals surface area contributed by atoms with Gasteiger partial charge in [0.05, 0.1) is 24.3 Å². The molecule has 1 saturated heterocycles. The third-order valence-corrected chi connectivity index (χ3v) is 7.07. The van der Waals surface area contributed by atoms with Crippen molar-refractivity contribution in [3.63, 3.8) is 0 Å². The maximum absolute atomic E-state index is 6.31. The van der Waals surface area contributed by atoms with Crippen molar-refractivity contribution in [2.45, 2.75) is 24.9 Å². The zero-order chi connectivity index (χ0) is 19.0. The fraction of sp³-hybridized carbons (Fsp3) is 0.364. The van der Waals surface area contributed by atoms with Crippen molar-refractivity contribution in [3.05, 3.63) is 52.9 Å². The molecular weight excluding hydrogens is 406 g/mol. The highest BCUT2D eigenvalue weighted by Gasteiger charge is 2.40. The standard InChI is InChI=1S/C22H23N3O2S.ClH/c1-26-19-5-3-2-4-16(19)17-6-7-18(25-24-17)20-14-15-8-13-27-22(21(15)28-20)9-11-23-12-10-22;/h2-7,14,23H,8-13H2,1H3;1H. The average molecular weight is 430 g/mol. The van der Waals surface area contributed by atoms with Gasteiger partial charge in [0.25, 0.3) is 0 Å². The normalized spacial score (nSPS) is 17.4. The quantitative estimate of drug-likeness (QED) is 0.666. The second-order valence-corrected chi connectivity index (χ2v) is 8.36. The highest BCUT2D eigenvalue weighted by Crippen LogP contribution is 2.46. The van der Waals surface area contributed by atoms with Crippen LogP contribution < -0.4 is 10.1 Å². The lowest BCUT2D eigenvalue weighted by molar-refractivity contribution is -0.0771. The molecule has 2 aliphatic rings. The number of fused-ring (bicyclic) bond motifs is 2. The molecule has 4 heterocycles. The molecule has 5 nitrogen and oxygen atoms in total. The van der Waals surface area contributed by atoms with Crippen molar-refractivity contribution in [3.8, 4) is 27.6 Å². The van der Waals surface area contributed by atoms with E-state index in [1.165, 1.54) is 15.3 Å². The van der Waals surface area contributed by atoms with Gasteiger partial charge in [-0.25, -0.2) is 0 Å². The smallest absolute Gasteiger partial charge is 0.128 e. The number of para-hydroxylation sites is 1. The number of hydrogen-bond acceptors (Lipinski definition) is 6. The molecule has 2 aromatic heterocycles. The number of nitrogens with zero attached hydrogens (tertiary/aromatic N) is 2. The summed E-state index contributed by atoms with van der Waals surface area (Å²) in [6.45, 7) is 2.84. The molecule has 5 rings (SSSR count). The third kappa shape index (κ3) is 3.66. The number of methoxy groups -OCH3 is 1. The van der Waals surface area contributed by atoms with E-state index < -0.39 is 0 Å². The SMILES string of the molecule is COc1ccccc1-c1ccc(-c2cc3c(s2)C2(CCNCC2)OCC3)nn1.Cl. The van der Waals surface area contributed by atoms with Crippen LogP contribution in [0, 0.1) is 0 Å². The van der Waals surface area contributed by atoms with Gasteiger partial charge in [0.1, 0.15) is 17.0 Å². The first kappa shape index (κ1) is 20.3. The molecule has 1 aromatic carbocycles. The molecule has 7 heteroatoms. The zero-order valence-electron chi connectivity index (χ0n) is 16.3. The molecule has 0 aliphatic carbocycles. The molecular formula is C22H24ClN3O2S. The average Bonchev–Trinajstić information content (AvgIpc) is 3.21. The maximum Gasteiger partial charge on any atom is 0.128 e. The van der Waals surface area contributed by atoms with Crippen molar-refractivity contribution >= 4 is 23.7 Å². The Morgan fingerprint density at radius 3 is 2.59 bits per heavy atom. The van der Waals surface area contributed by atoms with E-state index in [0.717, 1.165) is 61.7 Å². The number of hydrogen-bond donors (Lipinski definition) is 1. The molecule has 0 bridgehead atoms. The van der Waals surface area contributed by atoms with Crippen LogP contribution in [0.25, 0.3) is 21.8 Å². The van der Waals surface area contributed by atoms with Gasteiger partial charge in [-0.2, -0.15) is 0 Å². The van der Waals surface area contributed by atoms with Gasteiger partial charge in [-0.15, -0.1) is 33.9 Å². The molecule has 1 N–H and O–H groups in total. The van der Waals surface area contributed by atoms with Crippen LogP contribution in [-0.4, -0.2) is 37.0 Å². The first-order chi connectivity index (χ1) is 13.8. The van der Waals surface area contributed by atoms with Gasteiger partial charge in [-0.05, 0) is 68.2 Å². The number of ether oxygens (including phenoxy) is 2. The Morgan fingerprint density at radius 2 is 1.83 bits per heavy atom. The number of nitrogens with one attached hydrogen (secondary N) is 1. The van der Waals surface area contributed by atoms with Crippen LogP contribution in [0.3, 0.4) is 0 Å². The molecule has 3 aromatic rings. The summed E-state index contributed by atoms with van der Waals surface area (Å²) in [6, 6.07) is 14.3. The van der Waals surface area contributed by atoms with Gasteiger partial charge in [0.15, 0.2) is 0 Å². The van der Waals surface area contributed by atoms with E-state index >= 15 is 0 Å². The summed E-state index contributed by atoms with van der Waals surface area (Å²) < 4.78 is 11.8. The lowest BCUT2D eigenvalue weighted by Crippen LogP contribution is -2.43. The number of piperidine rings is 1. The van der Waals surface area contributed by atoms with Crippen molar-refractivity contribution in [1.29, 1.82) is 0 Å². The first-order valence-electron chi connectivity index (χ1n) is 9.74. The van der Waals surface area contributed by atoms with E-state index in [4.69, 9.17) is 9.47 Å². The minimum absolute atomic E-state index is 0. The number of benzene rings is 1. The summed E-state index contributed by atoms with van der Waals surface area (Å²) in [7, 11) is 1.68. The Balaban J connectivity index is 0.00000205. The Kier molecular flexibility index (Phi) is 5.88. The predicted molar refractivity (Wildman–Crippen MR) is 118 cm³/mol. The van der Waals surface area contributed by atoms with Crippen LogP contribution in [0.4, 0.5) is 0 Å². The molecule has 0 amide bonds. The summed E-state index contributed by atoms with van der Waals surface area (Å²) in [5.41, 5.74) is 4.01. The van der Waals surface area contributed by atoms with Gasteiger partial charge in [0, 0.05) is 10.4 Å². The van der Waals surface area contributed by atoms with Crippen LogP contribution in [0.1, 0.15) is 23.3 Å². The van der Waals surface area contributed by atoms with Crippen molar-refractivity contribution < 1.29 is 9.47 Å². The molecule has 0 atom stereocenters. The Bertz CT molecular complexity index is 984. The number of halogens is 1.